The lowest BCUT2D eigenvalue weighted by atomic mass is 10.1. The van der Waals surface area contributed by atoms with Crippen LogP contribution in [0.5, 0.6) is 5.75 Å². The lowest BCUT2D eigenvalue weighted by Crippen LogP contribution is -2.26. The van der Waals surface area contributed by atoms with E-state index in [1.807, 2.05) is 0 Å². The second-order valence-electron chi connectivity index (χ2n) is 5.42. The molecule has 0 atom stereocenters. The van der Waals surface area contributed by atoms with Gasteiger partial charge in [-0.15, -0.1) is 5.10 Å². The Morgan fingerprint density at radius 1 is 1.15 bits per heavy atom. The lowest BCUT2D eigenvalue weighted by molar-refractivity contribution is -0.0498. The summed E-state index contributed by atoms with van der Waals surface area (Å²) in [5.74, 6) is 0.0498. The van der Waals surface area contributed by atoms with Crippen LogP contribution in [0.25, 0.3) is 5.69 Å². The molecule has 0 aliphatic carbocycles. The predicted molar refractivity (Wildman–Crippen MR) is 91.1 cm³/mol. The summed E-state index contributed by atoms with van der Waals surface area (Å²) in [4.78, 5) is 0.0798. The molecular weight excluding hydrogens is 380 g/mol. The van der Waals surface area contributed by atoms with Crippen molar-refractivity contribution in [3.8, 4) is 11.4 Å². The van der Waals surface area contributed by atoms with Crippen molar-refractivity contribution in [2.45, 2.75) is 17.9 Å². The van der Waals surface area contributed by atoms with Crippen LogP contribution < -0.4 is 9.46 Å². The van der Waals surface area contributed by atoms with Crippen LogP contribution in [0.3, 0.4) is 0 Å². The maximum atomic E-state index is 12.4. The van der Waals surface area contributed by atoms with E-state index in [0.29, 0.717) is 12.1 Å². The van der Waals surface area contributed by atoms with Crippen LogP contribution in [0.1, 0.15) is 5.56 Å². The van der Waals surface area contributed by atoms with Crippen LogP contribution in [0.4, 0.5) is 8.78 Å². The van der Waals surface area contributed by atoms with Crippen LogP contribution in [-0.2, 0) is 16.4 Å². The van der Waals surface area contributed by atoms with E-state index in [2.05, 4.69) is 25.0 Å². The Kier molecular flexibility index (Phi) is 5.72. The summed E-state index contributed by atoms with van der Waals surface area (Å²) >= 11 is 0. The van der Waals surface area contributed by atoms with E-state index < -0.39 is 16.6 Å². The number of alkyl halides is 2. The fraction of sp³-hybridized carbons (Fsp3) is 0.188. The summed E-state index contributed by atoms with van der Waals surface area (Å²) in [5, 5.41) is 10.7. The summed E-state index contributed by atoms with van der Waals surface area (Å²) < 4.78 is 57.3. The number of aromatic nitrogens is 4. The molecule has 0 saturated carbocycles. The first-order valence-electron chi connectivity index (χ1n) is 7.81. The molecule has 0 aliphatic heterocycles. The molecule has 2 aromatic carbocycles. The van der Waals surface area contributed by atoms with Gasteiger partial charge in [-0.2, -0.15) is 8.78 Å². The smallest absolute Gasteiger partial charge is 0.387 e. The Balaban J connectivity index is 1.61. The van der Waals surface area contributed by atoms with Crippen molar-refractivity contribution in [2.24, 2.45) is 0 Å². The van der Waals surface area contributed by atoms with Crippen LogP contribution >= 0.6 is 0 Å². The number of halogens is 2. The first-order valence-corrected chi connectivity index (χ1v) is 9.29. The van der Waals surface area contributed by atoms with Gasteiger partial charge in [-0.25, -0.2) is 17.8 Å². The standard InChI is InChI=1S/C16H15F2N5O3S/c17-16(18)26-14-6-4-12(5-7-14)8-9-20-27(24,25)15-3-1-2-13(10-15)23-11-19-21-22-23/h1-7,10-11,16,20H,8-9H2. The Labute approximate surface area is 153 Å². The second kappa shape index (κ2) is 8.18. The molecule has 0 saturated heterocycles. The molecule has 8 nitrogen and oxygen atoms in total. The Bertz CT molecular complexity index is 980. The van der Waals surface area contributed by atoms with Gasteiger partial charge in [0.25, 0.3) is 0 Å². The molecule has 1 aromatic heterocycles. The number of sulfonamides is 1. The van der Waals surface area contributed by atoms with Crippen molar-refractivity contribution in [3.05, 3.63) is 60.4 Å². The summed E-state index contributed by atoms with van der Waals surface area (Å²) in [5.41, 5.74) is 1.29. The van der Waals surface area contributed by atoms with E-state index in [0.717, 1.165) is 5.56 Å². The zero-order valence-electron chi connectivity index (χ0n) is 13.9. The summed E-state index contributed by atoms with van der Waals surface area (Å²) in [6.45, 7) is -2.74. The Hall–Kier alpha value is -2.92. The Morgan fingerprint density at radius 3 is 2.59 bits per heavy atom. The SMILES string of the molecule is O=S(=O)(NCCc1ccc(OC(F)F)cc1)c1cccc(-n2cnnn2)c1. The molecule has 0 bridgehead atoms. The van der Waals surface area contributed by atoms with E-state index in [4.69, 9.17) is 0 Å². The lowest BCUT2D eigenvalue weighted by Gasteiger charge is -2.09. The van der Waals surface area contributed by atoms with Gasteiger partial charge in [0.15, 0.2) is 0 Å². The van der Waals surface area contributed by atoms with E-state index in [-0.39, 0.29) is 17.2 Å². The highest BCUT2D eigenvalue weighted by Crippen LogP contribution is 2.16. The maximum absolute atomic E-state index is 12.4. The largest absolute Gasteiger partial charge is 0.435 e. The second-order valence-corrected chi connectivity index (χ2v) is 7.19. The molecular formula is C16H15F2N5O3S. The molecule has 11 heteroatoms. The van der Waals surface area contributed by atoms with Gasteiger partial charge in [0.1, 0.15) is 12.1 Å². The molecule has 0 radical (unpaired) electrons. The molecule has 0 spiro atoms. The van der Waals surface area contributed by atoms with Gasteiger partial charge in [0.2, 0.25) is 10.0 Å². The monoisotopic (exact) mass is 395 g/mol. The highest BCUT2D eigenvalue weighted by Gasteiger charge is 2.14. The average Bonchev–Trinajstić information content (AvgIpc) is 3.17. The van der Waals surface area contributed by atoms with Gasteiger partial charge in [-0.1, -0.05) is 18.2 Å². The highest BCUT2D eigenvalue weighted by atomic mass is 32.2. The number of benzene rings is 2. The van der Waals surface area contributed by atoms with Crippen molar-refractivity contribution in [2.75, 3.05) is 6.54 Å². The van der Waals surface area contributed by atoms with Gasteiger partial charge in [0, 0.05) is 6.54 Å². The van der Waals surface area contributed by atoms with Crippen molar-refractivity contribution in [3.63, 3.8) is 0 Å². The van der Waals surface area contributed by atoms with Gasteiger partial charge in [-0.3, -0.25) is 0 Å². The third kappa shape index (κ3) is 5.05. The topological polar surface area (TPSA) is 99.0 Å². The molecule has 3 aromatic rings. The molecule has 1 N–H and O–H groups in total. The van der Waals surface area contributed by atoms with Crippen LogP contribution in [0, 0.1) is 0 Å². The number of rotatable bonds is 8. The minimum Gasteiger partial charge on any atom is -0.435 e. The first-order chi connectivity index (χ1) is 12.9. The normalized spacial score (nSPS) is 11.7. The molecule has 142 valence electrons. The number of nitrogens with zero attached hydrogens (tertiary/aromatic N) is 4. The van der Waals surface area contributed by atoms with Crippen LogP contribution in [-0.4, -0.2) is 41.8 Å². The molecule has 1 heterocycles. The molecule has 0 unspecified atom stereocenters. The third-order valence-electron chi connectivity index (χ3n) is 3.60. The highest BCUT2D eigenvalue weighted by molar-refractivity contribution is 7.89. The number of tetrazole rings is 1. The predicted octanol–water partition coefficient (Wildman–Crippen LogP) is 1.78. The van der Waals surface area contributed by atoms with Crippen molar-refractivity contribution in [1.29, 1.82) is 0 Å². The van der Waals surface area contributed by atoms with Gasteiger partial charge < -0.3 is 4.74 Å². The Morgan fingerprint density at radius 2 is 1.93 bits per heavy atom. The maximum Gasteiger partial charge on any atom is 0.387 e. The van der Waals surface area contributed by atoms with Crippen molar-refractivity contribution < 1.29 is 21.9 Å². The average molecular weight is 395 g/mol. The summed E-state index contributed by atoms with van der Waals surface area (Å²) in [7, 11) is -3.72. The van der Waals surface area contributed by atoms with E-state index in [1.54, 1.807) is 24.3 Å². The molecule has 27 heavy (non-hydrogen) atoms. The fourth-order valence-corrected chi connectivity index (χ4v) is 3.39. The minimum absolute atomic E-state index is 0.0498. The summed E-state index contributed by atoms with van der Waals surface area (Å²) in [6, 6.07) is 12.2. The number of hydrogen-bond acceptors (Lipinski definition) is 6. The van der Waals surface area contributed by atoms with Crippen LogP contribution in [0.15, 0.2) is 59.8 Å². The molecule has 0 fully saturated rings. The van der Waals surface area contributed by atoms with E-state index in [1.165, 1.54) is 35.3 Å². The van der Waals surface area contributed by atoms with E-state index in [9.17, 15) is 17.2 Å². The number of nitrogens with one attached hydrogen (secondary N) is 1. The van der Waals surface area contributed by atoms with E-state index >= 15 is 0 Å². The van der Waals surface area contributed by atoms with Gasteiger partial charge >= 0.3 is 6.61 Å². The molecule has 0 aliphatic rings. The van der Waals surface area contributed by atoms with Crippen molar-refractivity contribution in [1.82, 2.24) is 24.9 Å². The van der Waals surface area contributed by atoms with Gasteiger partial charge in [0.05, 0.1) is 10.6 Å². The fourth-order valence-electron chi connectivity index (χ4n) is 2.32. The third-order valence-corrected chi connectivity index (χ3v) is 5.05. The molecule has 0 amide bonds. The first kappa shape index (κ1) is 18.9. The summed E-state index contributed by atoms with van der Waals surface area (Å²) in [6.07, 6.45) is 1.75. The zero-order chi connectivity index (χ0) is 19.3. The quantitative estimate of drug-likeness (QED) is 0.624. The number of hydrogen-bond donors (Lipinski definition) is 1. The number of ether oxygens (including phenoxy) is 1. The van der Waals surface area contributed by atoms with Gasteiger partial charge in [-0.05, 0) is 52.7 Å². The molecule has 3 rings (SSSR count). The van der Waals surface area contributed by atoms with Crippen LogP contribution in [0.2, 0.25) is 0 Å². The minimum atomic E-state index is -3.72. The van der Waals surface area contributed by atoms with Crippen molar-refractivity contribution >= 4 is 10.0 Å². The zero-order valence-corrected chi connectivity index (χ0v) is 14.7.